The molecule has 3 rings (SSSR count). The van der Waals surface area contributed by atoms with Crippen molar-refractivity contribution in [3.05, 3.63) is 35.6 Å². The summed E-state index contributed by atoms with van der Waals surface area (Å²) in [5, 5.41) is 0. The first-order valence-electron chi connectivity index (χ1n) is 6.94. The quantitative estimate of drug-likeness (QED) is 0.841. The van der Waals surface area contributed by atoms with Crippen LogP contribution >= 0.6 is 0 Å². The summed E-state index contributed by atoms with van der Waals surface area (Å²) in [7, 11) is 0. The molecule has 0 aromatic heterocycles. The Bertz CT molecular complexity index is 491. The van der Waals surface area contributed by atoms with Crippen LogP contribution in [0.15, 0.2) is 24.3 Å². The summed E-state index contributed by atoms with van der Waals surface area (Å²) in [6, 6.07) is 6.22. The number of carbonyl (C=O) groups is 1. The minimum absolute atomic E-state index is 0.0533. The third-order valence-electron chi connectivity index (χ3n) is 4.45. The molecule has 1 saturated heterocycles. The highest BCUT2D eigenvalue weighted by Gasteiger charge is 2.38. The molecule has 1 heterocycles. The number of nitrogens with two attached hydrogens (primary N) is 1. The Hall–Kier alpha value is -1.42. The molecule has 2 fully saturated rings. The van der Waals surface area contributed by atoms with Gasteiger partial charge in [-0.25, -0.2) is 4.39 Å². The van der Waals surface area contributed by atoms with E-state index in [1.165, 1.54) is 12.1 Å². The van der Waals surface area contributed by atoms with Gasteiger partial charge in [-0.2, -0.15) is 0 Å². The first kappa shape index (κ1) is 12.6. The van der Waals surface area contributed by atoms with Crippen molar-refractivity contribution in [3.63, 3.8) is 0 Å². The van der Waals surface area contributed by atoms with E-state index in [1.807, 2.05) is 4.90 Å². The molecule has 2 N–H and O–H groups in total. The van der Waals surface area contributed by atoms with Gasteiger partial charge in [-0.05, 0) is 49.3 Å². The van der Waals surface area contributed by atoms with E-state index in [9.17, 15) is 9.18 Å². The van der Waals surface area contributed by atoms with Crippen molar-refractivity contribution in [1.82, 2.24) is 4.90 Å². The summed E-state index contributed by atoms with van der Waals surface area (Å²) in [5.41, 5.74) is 6.44. The lowest BCUT2D eigenvalue weighted by Gasteiger charge is -2.27. The normalized spacial score (nSPS) is 30.2. The zero-order valence-corrected chi connectivity index (χ0v) is 10.9. The van der Waals surface area contributed by atoms with Gasteiger partial charge in [0.15, 0.2) is 0 Å². The highest BCUT2D eigenvalue weighted by Crippen LogP contribution is 2.36. The number of fused-ring (bicyclic) bond motifs is 1. The molecule has 0 radical (unpaired) electrons. The lowest BCUT2D eigenvalue weighted by molar-refractivity contribution is 0.0783. The summed E-state index contributed by atoms with van der Waals surface area (Å²) in [6.07, 6.45) is 3.18. The number of carbonyl (C=O) groups excluding carboxylic acids is 1. The van der Waals surface area contributed by atoms with Crippen LogP contribution in [-0.4, -0.2) is 29.9 Å². The van der Waals surface area contributed by atoms with Gasteiger partial charge in [0, 0.05) is 24.7 Å². The molecule has 1 aliphatic heterocycles. The van der Waals surface area contributed by atoms with Crippen molar-refractivity contribution in [2.75, 3.05) is 13.1 Å². The first-order valence-corrected chi connectivity index (χ1v) is 6.94. The predicted octanol–water partition coefficient (Wildman–Crippen LogP) is 2.03. The lowest BCUT2D eigenvalue weighted by Crippen LogP contribution is -2.32. The number of nitrogens with zero attached hydrogens (tertiary/aromatic N) is 1. The molecule has 1 aromatic rings. The standard InChI is InChI=1S/C15H19FN2O/c16-13-3-1-2-10(6-13)15(19)18-8-11-4-5-14(17)7-12(11)9-18/h1-3,6,11-12,14H,4-5,7-9,17H2/t11-,12+,14?/m1/s1. The second-order valence-corrected chi connectivity index (χ2v) is 5.81. The Morgan fingerprint density at radius 1 is 1.26 bits per heavy atom. The highest BCUT2D eigenvalue weighted by atomic mass is 19.1. The van der Waals surface area contributed by atoms with Crippen molar-refractivity contribution in [3.8, 4) is 0 Å². The van der Waals surface area contributed by atoms with Crippen molar-refractivity contribution < 1.29 is 9.18 Å². The molecule has 0 bridgehead atoms. The van der Waals surface area contributed by atoms with E-state index in [4.69, 9.17) is 5.73 Å². The third-order valence-corrected chi connectivity index (χ3v) is 4.45. The second-order valence-electron chi connectivity index (χ2n) is 5.81. The topological polar surface area (TPSA) is 46.3 Å². The Morgan fingerprint density at radius 3 is 2.84 bits per heavy atom. The molecular formula is C15H19FN2O. The molecule has 1 amide bonds. The number of halogens is 1. The van der Waals surface area contributed by atoms with Gasteiger partial charge >= 0.3 is 0 Å². The number of amides is 1. The molecule has 1 unspecified atom stereocenters. The maximum atomic E-state index is 13.2. The second kappa shape index (κ2) is 4.93. The molecule has 1 aliphatic carbocycles. The van der Waals surface area contributed by atoms with E-state index in [1.54, 1.807) is 12.1 Å². The third kappa shape index (κ3) is 2.50. The molecule has 102 valence electrons. The highest BCUT2D eigenvalue weighted by molar-refractivity contribution is 5.94. The Labute approximate surface area is 112 Å². The van der Waals surface area contributed by atoms with E-state index >= 15 is 0 Å². The van der Waals surface area contributed by atoms with E-state index in [0.717, 1.165) is 32.4 Å². The van der Waals surface area contributed by atoms with Crippen LogP contribution in [0.4, 0.5) is 4.39 Å². The SMILES string of the molecule is NC1CC[C@@H]2CN(C(=O)c3cccc(F)c3)C[C@@H]2C1. The Balaban J connectivity index is 1.72. The van der Waals surface area contributed by atoms with E-state index < -0.39 is 0 Å². The molecular weight excluding hydrogens is 243 g/mol. The summed E-state index contributed by atoms with van der Waals surface area (Å²) in [4.78, 5) is 14.2. The lowest BCUT2D eigenvalue weighted by atomic mass is 9.79. The number of likely N-dealkylation sites (tertiary alicyclic amines) is 1. The molecule has 4 heteroatoms. The zero-order chi connectivity index (χ0) is 13.4. The van der Waals surface area contributed by atoms with Gasteiger partial charge in [-0.3, -0.25) is 4.79 Å². The van der Waals surface area contributed by atoms with Crippen LogP contribution in [-0.2, 0) is 0 Å². The fraction of sp³-hybridized carbons (Fsp3) is 0.533. The maximum Gasteiger partial charge on any atom is 0.253 e. The average Bonchev–Trinajstić information content (AvgIpc) is 2.80. The van der Waals surface area contributed by atoms with Gasteiger partial charge in [0.2, 0.25) is 0 Å². The molecule has 1 aromatic carbocycles. The van der Waals surface area contributed by atoms with Crippen molar-refractivity contribution in [2.24, 2.45) is 17.6 Å². The number of benzene rings is 1. The molecule has 1 saturated carbocycles. The van der Waals surface area contributed by atoms with Gasteiger partial charge in [0.25, 0.3) is 5.91 Å². The Morgan fingerprint density at radius 2 is 2.05 bits per heavy atom. The molecule has 2 aliphatic rings. The fourth-order valence-electron chi connectivity index (χ4n) is 3.44. The minimum Gasteiger partial charge on any atom is -0.338 e. The monoisotopic (exact) mass is 262 g/mol. The van der Waals surface area contributed by atoms with E-state index in [0.29, 0.717) is 17.4 Å². The first-order chi connectivity index (χ1) is 9.13. The summed E-state index contributed by atoms with van der Waals surface area (Å²) < 4.78 is 13.2. The molecule has 3 nitrogen and oxygen atoms in total. The van der Waals surface area contributed by atoms with Crippen molar-refractivity contribution >= 4 is 5.91 Å². The van der Waals surface area contributed by atoms with Gasteiger partial charge in [0.1, 0.15) is 5.82 Å². The Kier molecular flexibility index (Phi) is 3.27. The smallest absolute Gasteiger partial charge is 0.253 e. The van der Waals surface area contributed by atoms with E-state index in [2.05, 4.69) is 0 Å². The van der Waals surface area contributed by atoms with Crippen molar-refractivity contribution in [1.29, 1.82) is 0 Å². The van der Waals surface area contributed by atoms with Crippen LogP contribution in [0.25, 0.3) is 0 Å². The van der Waals surface area contributed by atoms with Gasteiger partial charge in [-0.15, -0.1) is 0 Å². The molecule has 19 heavy (non-hydrogen) atoms. The number of hydrogen-bond acceptors (Lipinski definition) is 2. The fourth-order valence-corrected chi connectivity index (χ4v) is 3.44. The largest absolute Gasteiger partial charge is 0.338 e. The van der Waals surface area contributed by atoms with Crippen LogP contribution in [0.5, 0.6) is 0 Å². The average molecular weight is 262 g/mol. The van der Waals surface area contributed by atoms with Crippen LogP contribution in [0.3, 0.4) is 0 Å². The van der Waals surface area contributed by atoms with Gasteiger partial charge in [-0.1, -0.05) is 6.07 Å². The number of hydrogen-bond donors (Lipinski definition) is 1. The van der Waals surface area contributed by atoms with E-state index in [-0.39, 0.29) is 17.8 Å². The van der Waals surface area contributed by atoms with Crippen LogP contribution in [0.2, 0.25) is 0 Å². The van der Waals surface area contributed by atoms with Crippen LogP contribution in [0, 0.1) is 17.7 Å². The van der Waals surface area contributed by atoms with Gasteiger partial charge < -0.3 is 10.6 Å². The van der Waals surface area contributed by atoms with Crippen LogP contribution in [0.1, 0.15) is 29.6 Å². The summed E-state index contributed by atoms with van der Waals surface area (Å²) in [5.74, 6) is 0.700. The molecule has 0 spiro atoms. The van der Waals surface area contributed by atoms with Crippen molar-refractivity contribution in [2.45, 2.75) is 25.3 Å². The predicted molar refractivity (Wildman–Crippen MR) is 71.1 cm³/mol. The molecule has 3 atom stereocenters. The minimum atomic E-state index is -0.357. The maximum absolute atomic E-state index is 13.2. The summed E-state index contributed by atoms with van der Waals surface area (Å²) >= 11 is 0. The number of rotatable bonds is 1. The zero-order valence-electron chi connectivity index (χ0n) is 10.9. The van der Waals surface area contributed by atoms with Gasteiger partial charge in [0.05, 0.1) is 0 Å². The summed E-state index contributed by atoms with van der Waals surface area (Å²) in [6.45, 7) is 1.57. The van der Waals surface area contributed by atoms with Crippen LogP contribution < -0.4 is 5.73 Å².